The average molecular weight is 301 g/mol. The van der Waals surface area contributed by atoms with Gasteiger partial charge in [-0.1, -0.05) is 41.8 Å². The van der Waals surface area contributed by atoms with E-state index in [1.54, 1.807) is 18.0 Å². The van der Waals surface area contributed by atoms with E-state index in [1.807, 2.05) is 12.1 Å². The molecule has 0 heterocycles. The lowest BCUT2D eigenvalue weighted by Gasteiger charge is -2.24. The number of rotatable bonds is 3. The average Bonchev–Trinajstić information content (AvgIpc) is 2.80. The van der Waals surface area contributed by atoms with Crippen molar-refractivity contribution in [2.24, 2.45) is 11.7 Å². The maximum atomic E-state index is 12.3. The van der Waals surface area contributed by atoms with Crippen molar-refractivity contribution in [3.8, 4) is 0 Å². The molecule has 2 atom stereocenters. The van der Waals surface area contributed by atoms with E-state index < -0.39 is 0 Å². The van der Waals surface area contributed by atoms with Crippen LogP contribution in [0.15, 0.2) is 18.2 Å². The van der Waals surface area contributed by atoms with Gasteiger partial charge < -0.3 is 10.6 Å². The molecular formula is C14H18Cl2N2O. The van der Waals surface area contributed by atoms with Crippen molar-refractivity contribution in [3.05, 3.63) is 33.8 Å². The molecule has 1 saturated carbocycles. The molecule has 0 aromatic heterocycles. The fourth-order valence-electron chi connectivity index (χ4n) is 2.58. The van der Waals surface area contributed by atoms with Crippen molar-refractivity contribution in [2.75, 3.05) is 7.05 Å². The van der Waals surface area contributed by atoms with Crippen molar-refractivity contribution in [1.29, 1.82) is 0 Å². The van der Waals surface area contributed by atoms with E-state index in [2.05, 4.69) is 0 Å². The Labute approximate surface area is 123 Å². The number of nitrogens with two attached hydrogens (primary N) is 1. The second-order valence-corrected chi connectivity index (χ2v) is 5.89. The summed E-state index contributed by atoms with van der Waals surface area (Å²) in [4.78, 5) is 14.0. The van der Waals surface area contributed by atoms with Crippen LogP contribution < -0.4 is 5.73 Å². The fourth-order valence-corrected chi connectivity index (χ4v) is 2.96. The van der Waals surface area contributed by atoms with Gasteiger partial charge in [0.15, 0.2) is 0 Å². The van der Waals surface area contributed by atoms with Crippen molar-refractivity contribution in [3.63, 3.8) is 0 Å². The molecular weight excluding hydrogens is 283 g/mol. The molecule has 0 radical (unpaired) electrons. The summed E-state index contributed by atoms with van der Waals surface area (Å²) in [5, 5.41) is 1.03. The summed E-state index contributed by atoms with van der Waals surface area (Å²) in [5.41, 5.74) is 6.83. The minimum Gasteiger partial charge on any atom is -0.341 e. The zero-order valence-electron chi connectivity index (χ0n) is 10.9. The van der Waals surface area contributed by atoms with E-state index in [0.717, 1.165) is 24.8 Å². The Hall–Kier alpha value is -0.770. The first kappa shape index (κ1) is 14.6. The lowest BCUT2D eigenvalue weighted by atomic mass is 10.0. The Morgan fingerprint density at radius 1 is 1.42 bits per heavy atom. The van der Waals surface area contributed by atoms with Crippen LogP contribution in [0.25, 0.3) is 0 Å². The van der Waals surface area contributed by atoms with E-state index in [9.17, 15) is 4.79 Å². The molecule has 1 amide bonds. The monoisotopic (exact) mass is 300 g/mol. The molecule has 0 saturated heterocycles. The van der Waals surface area contributed by atoms with Crippen molar-refractivity contribution >= 4 is 29.1 Å². The van der Waals surface area contributed by atoms with E-state index in [4.69, 9.17) is 28.9 Å². The standard InChI is InChI=1S/C14H18Cl2N2O/c1-18(14(19)10-5-3-7-12(10)17)8-9-4-2-6-11(15)13(9)16/h2,4,6,10,12H,3,5,7-8,17H2,1H3. The van der Waals surface area contributed by atoms with Crippen LogP contribution in [0.1, 0.15) is 24.8 Å². The van der Waals surface area contributed by atoms with Gasteiger partial charge in [-0.05, 0) is 24.5 Å². The summed E-state index contributed by atoms with van der Waals surface area (Å²) in [6, 6.07) is 5.45. The minimum atomic E-state index is -0.0528. The molecule has 2 N–H and O–H groups in total. The highest BCUT2D eigenvalue weighted by Gasteiger charge is 2.32. The van der Waals surface area contributed by atoms with Crippen LogP contribution >= 0.6 is 23.2 Å². The lowest BCUT2D eigenvalue weighted by molar-refractivity contribution is -0.134. The minimum absolute atomic E-state index is 0.00946. The second kappa shape index (κ2) is 6.12. The summed E-state index contributed by atoms with van der Waals surface area (Å²) in [5.74, 6) is 0.0454. The highest BCUT2D eigenvalue weighted by atomic mass is 35.5. The van der Waals surface area contributed by atoms with Gasteiger partial charge in [0, 0.05) is 19.6 Å². The number of halogens is 2. The van der Waals surface area contributed by atoms with Crippen LogP contribution in [0.3, 0.4) is 0 Å². The molecule has 104 valence electrons. The maximum absolute atomic E-state index is 12.3. The normalized spacial score (nSPS) is 22.5. The Morgan fingerprint density at radius 2 is 2.16 bits per heavy atom. The van der Waals surface area contributed by atoms with E-state index in [-0.39, 0.29) is 17.9 Å². The van der Waals surface area contributed by atoms with Gasteiger partial charge in [0.2, 0.25) is 5.91 Å². The molecule has 1 fully saturated rings. The van der Waals surface area contributed by atoms with Gasteiger partial charge in [-0.15, -0.1) is 0 Å². The first-order valence-electron chi connectivity index (χ1n) is 6.44. The van der Waals surface area contributed by atoms with Crippen LogP contribution in [-0.2, 0) is 11.3 Å². The largest absolute Gasteiger partial charge is 0.341 e. The van der Waals surface area contributed by atoms with Crippen LogP contribution in [0.4, 0.5) is 0 Å². The topological polar surface area (TPSA) is 46.3 Å². The number of hydrogen-bond acceptors (Lipinski definition) is 2. The predicted octanol–water partition coefficient (Wildman–Crippen LogP) is 3.08. The van der Waals surface area contributed by atoms with Gasteiger partial charge in [-0.25, -0.2) is 0 Å². The smallest absolute Gasteiger partial charge is 0.227 e. The van der Waals surface area contributed by atoms with Gasteiger partial charge in [0.25, 0.3) is 0 Å². The third-order valence-electron chi connectivity index (χ3n) is 3.70. The van der Waals surface area contributed by atoms with Crippen molar-refractivity contribution in [2.45, 2.75) is 31.8 Å². The number of hydrogen-bond donors (Lipinski definition) is 1. The summed E-state index contributed by atoms with van der Waals surface area (Å²) in [7, 11) is 1.78. The number of benzene rings is 1. The predicted molar refractivity (Wildman–Crippen MR) is 78.3 cm³/mol. The Kier molecular flexibility index (Phi) is 4.71. The van der Waals surface area contributed by atoms with Crippen LogP contribution in [0.5, 0.6) is 0 Å². The van der Waals surface area contributed by atoms with Gasteiger partial charge in [-0.3, -0.25) is 4.79 Å². The molecule has 1 aromatic carbocycles. The zero-order valence-corrected chi connectivity index (χ0v) is 12.4. The first-order chi connectivity index (χ1) is 9.00. The van der Waals surface area contributed by atoms with Gasteiger partial charge in [0.05, 0.1) is 16.0 Å². The molecule has 1 aliphatic carbocycles. The van der Waals surface area contributed by atoms with Crippen LogP contribution in [-0.4, -0.2) is 23.9 Å². The van der Waals surface area contributed by atoms with Crippen molar-refractivity contribution in [1.82, 2.24) is 4.90 Å². The van der Waals surface area contributed by atoms with Crippen molar-refractivity contribution < 1.29 is 4.79 Å². The Morgan fingerprint density at radius 3 is 2.79 bits per heavy atom. The first-order valence-corrected chi connectivity index (χ1v) is 7.19. The summed E-state index contributed by atoms with van der Waals surface area (Å²) in [6.45, 7) is 0.460. The van der Waals surface area contributed by atoms with E-state index >= 15 is 0 Å². The van der Waals surface area contributed by atoms with E-state index in [0.29, 0.717) is 16.6 Å². The maximum Gasteiger partial charge on any atom is 0.227 e. The number of nitrogens with zero attached hydrogens (tertiary/aromatic N) is 1. The number of carbonyl (C=O) groups excluding carboxylic acids is 1. The third-order valence-corrected chi connectivity index (χ3v) is 4.56. The quantitative estimate of drug-likeness (QED) is 0.932. The van der Waals surface area contributed by atoms with Gasteiger partial charge in [-0.2, -0.15) is 0 Å². The molecule has 1 aliphatic rings. The summed E-state index contributed by atoms with van der Waals surface area (Å²) in [6.07, 6.45) is 2.85. The fraction of sp³-hybridized carbons (Fsp3) is 0.500. The number of carbonyl (C=O) groups is 1. The Bertz CT molecular complexity index is 479. The molecule has 2 rings (SSSR count). The molecule has 2 unspecified atom stereocenters. The molecule has 0 aliphatic heterocycles. The van der Waals surface area contributed by atoms with E-state index in [1.165, 1.54) is 0 Å². The van der Waals surface area contributed by atoms with Gasteiger partial charge >= 0.3 is 0 Å². The molecule has 0 bridgehead atoms. The molecule has 19 heavy (non-hydrogen) atoms. The summed E-state index contributed by atoms with van der Waals surface area (Å²) >= 11 is 12.1. The highest BCUT2D eigenvalue weighted by molar-refractivity contribution is 6.42. The third kappa shape index (κ3) is 3.22. The molecule has 0 spiro atoms. The molecule has 1 aromatic rings. The highest BCUT2D eigenvalue weighted by Crippen LogP contribution is 2.29. The zero-order chi connectivity index (χ0) is 14.0. The SMILES string of the molecule is CN(Cc1cccc(Cl)c1Cl)C(=O)C1CCCC1N. The Balaban J connectivity index is 2.06. The van der Waals surface area contributed by atoms with Crippen LogP contribution in [0, 0.1) is 5.92 Å². The van der Waals surface area contributed by atoms with Gasteiger partial charge in [0.1, 0.15) is 0 Å². The summed E-state index contributed by atoms with van der Waals surface area (Å²) < 4.78 is 0. The lowest BCUT2D eigenvalue weighted by Crippen LogP contribution is -2.39. The van der Waals surface area contributed by atoms with Crippen LogP contribution in [0.2, 0.25) is 10.0 Å². The second-order valence-electron chi connectivity index (χ2n) is 5.11. The number of amides is 1. The molecule has 3 nitrogen and oxygen atoms in total. The molecule has 5 heteroatoms.